The lowest BCUT2D eigenvalue weighted by Crippen LogP contribution is -2.30. The third-order valence-electron chi connectivity index (χ3n) is 17.7. The number of allylic oxidation sites excluding steroid dienone is 4. The summed E-state index contributed by atoms with van der Waals surface area (Å²) in [5, 5.41) is 10.6. The maximum absolute atomic E-state index is 13.1. The van der Waals surface area contributed by atoms with Crippen LogP contribution in [0.15, 0.2) is 24.3 Å². The number of unbranched alkanes of at least 4 members (excludes halogenated alkanes) is 45. The molecular weight excluding hydrogens is 1270 g/mol. The molecule has 19 heteroatoms. The van der Waals surface area contributed by atoms with Crippen molar-refractivity contribution in [2.45, 2.75) is 406 Å². The van der Waals surface area contributed by atoms with Crippen molar-refractivity contribution in [1.82, 2.24) is 0 Å². The Balaban J connectivity index is 5.29. The number of aliphatic hydroxyl groups excluding tert-OH is 1. The third kappa shape index (κ3) is 71.7. The van der Waals surface area contributed by atoms with Crippen molar-refractivity contribution in [3.8, 4) is 0 Å². The number of aliphatic hydroxyl groups is 1. The zero-order valence-electron chi connectivity index (χ0n) is 62.7. The van der Waals surface area contributed by atoms with E-state index >= 15 is 0 Å². The van der Waals surface area contributed by atoms with Crippen molar-refractivity contribution in [3.05, 3.63) is 24.3 Å². The number of esters is 4. The van der Waals surface area contributed by atoms with Gasteiger partial charge < -0.3 is 33.8 Å². The first kappa shape index (κ1) is 94.5. The summed E-state index contributed by atoms with van der Waals surface area (Å²) < 4.78 is 68.6. The van der Waals surface area contributed by atoms with Crippen molar-refractivity contribution in [1.29, 1.82) is 0 Å². The number of ether oxygens (including phenoxy) is 4. The molecular formula is C78H148O17P2. The Kier molecular flexibility index (Phi) is 68.8. The molecule has 0 fully saturated rings. The number of hydrogen-bond donors (Lipinski definition) is 3. The summed E-state index contributed by atoms with van der Waals surface area (Å²) in [4.78, 5) is 72.9. The van der Waals surface area contributed by atoms with E-state index in [2.05, 4.69) is 58.9 Å². The van der Waals surface area contributed by atoms with Gasteiger partial charge in [0.2, 0.25) is 0 Å². The highest BCUT2D eigenvalue weighted by atomic mass is 31.2. The molecule has 0 aliphatic rings. The smallest absolute Gasteiger partial charge is 0.462 e. The van der Waals surface area contributed by atoms with Crippen LogP contribution in [-0.4, -0.2) is 96.7 Å². The van der Waals surface area contributed by atoms with Gasteiger partial charge in [-0.1, -0.05) is 335 Å². The lowest BCUT2D eigenvalue weighted by atomic mass is 10.0. The van der Waals surface area contributed by atoms with Crippen LogP contribution in [0.1, 0.15) is 388 Å². The minimum absolute atomic E-state index is 0.102. The van der Waals surface area contributed by atoms with Crippen LogP contribution in [0.4, 0.5) is 0 Å². The van der Waals surface area contributed by atoms with E-state index in [1.165, 1.54) is 193 Å². The second kappa shape index (κ2) is 70.6. The van der Waals surface area contributed by atoms with Crippen molar-refractivity contribution < 1.29 is 80.2 Å². The molecule has 0 saturated carbocycles. The van der Waals surface area contributed by atoms with Gasteiger partial charge in [0.1, 0.15) is 19.3 Å². The molecule has 0 radical (unpaired) electrons. The molecule has 0 aromatic carbocycles. The highest BCUT2D eigenvalue weighted by Gasteiger charge is 2.30. The first-order valence-corrected chi connectivity index (χ1v) is 42.9. The SMILES string of the molecule is CCCCCC/C=C\C=C/CCCCCCCC(=O)OC[C@H](COP(=O)(O)OC[C@@H](O)COP(=O)(O)OC[C@@H](COC(=O)CCCCCCCCCCCC(C)C)OC(=O)CCCCCCCCCCCCCCC)OC(=O)CCCCCCCCCCCCCCCCCCC. The van der Waals surface area contributed by atoms with E-state index in [1.807, 2.05) is 0 Å². The van der Waals surface area contributed by atoms with Gasteiger partial charge in [-0.2, -0.15) is 0 Å². The monoisotopic (exact) mass is 1420 g/mol. The Morgan fingerprint density at radius 3 is 0.845 bits per heavy atom. The van der Waals surface area contributed by atoms with Gasteiger partial charge in [-0.15, -0.1) is 0 Å². The average Bonchev–Trinajstić information content (AvgIpc) is 2.04. The summed E-state index contributed by atoms with van der Waals surface area (Å²) >= 11 is 0. The van der Waals surface area contributed by atoms with Gasteiger partial charge in [0.15, 0.2) is 12.2 Å². The molecule has 0 bridgehead atoms. The topological polar surface area (TPSA) is 237 Å². The number of hydrogen-bond acceptors (Lipinski definition) is 15. The predicted octanol–water partition coefficient (Wildman–Crippen LogP) is 22.8. The zero-order chi connectivity index (χ0) is 71.2. The Hall–Kier alpha value is -2.46. The van der Waals surface area contributed by atoms with Crippen LogP contribution >= 0.6 is 15.6 Å². The molecule has 0 aliphatic carbocycles. The van der Waals surface area contributed by atoms with E-state index in [-0.39, 0.29) is 25.7 Å². The second-order valence-electron chi connectivity index (χ2n) is 27.9. The summed E-state index contributed by atoms with van der Waals surface area (Å²) in [6, 6.07) is 0. The van der Waals surface area contributed by atoms with Crippen LogP contribution in [-0.2, 0) is 65.4 Å². The first-order valence-electron chi connectivity index (χ1n) is 40.0. The normalized spacial score (nSPS) is 14.1. The first-order chi connectivity index (χ1) is 47.0. The maximum atomic E-state index is 13.1. The molecule has 0 aliphatic heterocycles. The number of phosphoric acid groups is 2. The Labute approximate surface area is 592 Å². The maximum Gasteiger partial charge on any atom is 0.472 e. The zero-order valence-corrected chi connectivity index (χ0v) is 64.5. The minimum Gasteiger partial charge on any atom is -0.462 e. The standard InChI is InChI=1S/C78H148O17P2/c1-6-9-12-15-18-21-24-27-29-30-32-35-38-43-49-54-59-64-78(83)94-73(67-88-75(80)61-56-51-46-41-36-34-31-28-25-22-19-16-13-10-7-2)69-92-96(84,85)90-65-72(79)66-91-97(86,87)93-70-74(68-89-76(81)62-57-52-47-44-39-40-45-50-55-60-71(4)5)95-77(82)63-58-53-48-42-37-33-26-23-20-17-14-11-8-3/h22,25,28,31,71-74,79H,6-21,23-24,26-27,29-30,32-70H2,1-5H3,(H,84,85)(H,86,87)/b25-22-,31-28-/t72-,73-,74-/m1/s1. The molecule has 5 atom stereocenters. The van der Waals surface area contributed by atoms with Gasteiger partial charge in [-0.25, -0.2) is 9.13 Å². The molecule has 0 heterocycles. The van der Waals surface area contributed by atoms with E-state index in [0.29, 0.717) is 25.7 Å². The number of carbonyl (C=O) groups excluding carboxylic acids is 4. The molecule has 2 unspecified atom stereocenters. The molecule has 0 saturated heterocycles. The predicted molar refractivity (Wildman–Crippen MR) is 395 cm³/mol. The molecule has 97 heavy (non-hydrogen) atoms. The molecule has 0 spiro atoms. The Morgan fingerprint density at radius 2 is 0.557 bits per heavy atom. The fourth-order valence-corrected chi connectivity index (χ4v) is 13.1. The van der Waals surface area contributed by atoms with Gasteiger partial charge in [-0.3, -0.25) is 37.3 Å². The van der Waals surface area contributed by atoms with Gasteiger partial charge in [0.25, 0.3) is 0 Å². The number of phosphoric ester groups is 2. The molecule has 0 aromatic heterocycles. The summed E-state index contributed by atoms with van der Waals surface area (Å²) in [5.41, 5.74) is 0. The van der Waals surface area contributed by atoms with Gasteiger partial charge in [0, 0.05) is 25.7 Å². The van der Waals surface area contributed by atoms with Crippen LogP contribution in [0.25, 0.3) is 0 Å². The highest BCUT2D eigenvalue weighted by Crippen LogP contribution is 2.45. The van der Waals surface area contributed by atoms with E-state index in [1.54, 1.807) is 0 Å². The average molecular weight is 1420 g/mol. The third-order valence-corrected chi connectivity index (χ3v) is 19.6. The summed E-state index contributed by atoms with van der Waals surface area (Å²) in [7, 11) is -9.93. The van der Waals surface area contributed by atoms with Crippen molar-refractivity contribution in [2.24, 2.45) is 5.92 Å². The highest BCUT2D eigenvalue weighted by molar-refractivity contribution is 7.47. The fraction of sp³-hybridized carbons (Fsp3) is 0.897. The van der Waals surface area contributed by atoms with E-state index < -0.39 is 97.5 Å². The fourth-order valence-electron chi connectivity index (χ4n) is 11.5. The van der Waals surface area contributed by atoms with E-state index in [4.69, 9.17) is 37.0 Å². The molecule has 0 aromatic rings. The molecule has 17 nitrogen and oxygen atoms in total. The van der Waals surface area contributed by atoms with Crippen LogP contribution in [0.2, 0.25) is 0 Å². The van der Waals surface area contributed by atoms with Crippen LogP contribution < -0.4 is 0 Å². The lowest BCUT2D eigenvalue weighted by molar-refractivity contribution is -0.161. The van der Waals surface area contributed by atoms with E-state index in [0.717, 1.165) is 115 Å². The summed E-state index contributed by atoms with van der Waals surface area (Å²) in [5.74, 6) is -1.40. The van der Waals surface area contributed by atoms with Crippen LogP contribution in [0.5, 0.6) is 0 Å². The van der Waals surface area contributed by atoms with Crippen LogP contribution in [0, 0.1) is 5.92 Å². The Morgan fingerprint density at radius 1 is 0.320 bits per heavy atom. The molecule has 572 valence electrons. The van der Waals surface area contributed by atoms with Crippen molar-refractivity contribution in [3.63, 3.8) is 0 Å². The van der Waals surface area contributed by atoms with Gasteiger partial charge in [0.05, 0.1) is 26.4 Å². The van der Waals surface area contributed by atoms with Gasteiger partial charge >= 0.3 is 39.5 Å². The van der Waals surface area contributed by atoms with Crippen molar-refractivity contribution in [2.75, 3.05) is 39.6 Å². The molecule has 3 N–H and O–H groups in total. The quantitative estimate of drug-likeness (QED) is 0.0169. The van der Waals surface area contributed by atoms with Gasteiger partial charge in [-0.05, 0) is 57.3 Å². The molecule has 0 amide bonds. The summed E-state index contributed by atoms with van der Waals surface area (Å²) in [6.07, 6.45) is 63.1. The number of carbonyl (C=O) groups is 4. The molecule has 0 rings (SSSR count). The largest absolute Gasteiger partial charge is 0.472 e. The van der Waals surface area contributed by atoms with Crippen LogP contribution in [0.3, 0.4) is 0 Å². The second-order valence-corrected chi connectivity index (χ2v) is 30.8. The van der Waals surface area contributed by atoms with Crippen molar-refractivity contribution >= 4 is 39.5 Å². The van der Waals surface area contributed by atoms with E-state index in [9.17, 15) is 43.2 Å². The lowest BCUT2D eigenvalue weighted by Gasteiger charge is -2.21. The summed E-state index contributed by atoms with van der Waals surface area (Å²) in [6.45, 7) is 7.23. The minimum atomic E-state index is -4.97. The Bertz CT molecular complexity index is 1950. The number of rotatable bonds is 76.